The summed E-state index contributed by atoms with van der Waals surface area (Å²) < 4.78 is 1.59. The molecule has 0 saturated carbocycles. The van der Waals surface area contributed by atoms with Crippen LogP contribution in [0.15, 0.2) is 42.7 Å². The number of nitriles is 1. The molecule has 1 aromatic carbocycles. The van der Waals surface area contributed by atoms with Gasteiger partial charge in [0.15, 0.2) is 11.3 Å². The van der Waals surface area contributed by atoms with E-state index in [9.17, 15) is 0 Å². The highest BCUT2D eigenvalue weighted by Gasteiger charge is 2.04. The first kappa shape index (κ1) is 10.3. The van der Waals surface area contributed by atoms with Gasteiger partial charge in [0.1, 0.15) is 6.07 Å². The monoisotopic (exact) mass is 235 g/mol. The van der Waals surface area contributed by atoms with Crippen molar-refractivity contribution < 1.29 is 0 Å². The minimum atomic E-state index is 0.354. The molecule has 0 amide bonds. The van der Waals surface area contributed by atoms with Crippen molar-refractivity contribution >= 4 is 11.3 Å². The molecule has 5 nitrogen and oxygen atoms in total. The van der Waals surface area contributed by atoms with E-state index in [-0.39, 0.29) is 0 Å². The number of fused-ring (bicyclic) bond motifs is 1. The maximum atomic E-state index is 8.79. The van der Waals surface area contributed by atoms with Gasteiger partial charge in [-0.15, -0.1) is 0 Å². The van der Waals surface area contributed by atoms with Crippen molar-refractivity contribution in [2.24, 2.45) is 0 Å². The fourth-order valence-corrected chi connectivity index (χ4v) is 1.80. The van der Waals surface area contributed by atoms with Gasteiger partial charge in [0.2, 0.25) is 0 Å². The Balaban J connectivity index is 2.16. The smallest absolute Gasteiger partial charge is 0.165 e. The highest BCUT2D eigenvalue weighted by Crippen LogP contribution is 2.20. The van der Waals surface area contributed by atoms with Crippen molar-refractivity contribution in [1.82, 2.24) is 14.6 Å². The molecule has 0 aliphatic rings. The molecule has 18 heavy (non-hydrogen) atoms. The zero-order chi connectivity index (χ0) is 12.5. The summed E-state index contributed by atoms with van der Waals surface area (Å²) in [6, 6.07) is 11.2. The van der Waals surface area contributed by atoms with Crippen molar-refractivity contribution in [3.05, 3.63) is 48.4 Å². The van der Waals surface area contributed by atoms with Gasteiger partial charge >= 0.3 is 0 Å². The zero-order valence-corrected chi connectivity index (χ0v) is 9.41. The predicted molar refractivity (Wildman–Crippen MR) is 67.6 cm³/mol. The van der Waals surface area contributed by atoms with Crippen molar-refractivity contribution in [2.75, 3.05) is 5.73 Å². The van der Waals surface area contributed by atoms with Crippen LogP contribution >= 0.6 is 0 Å². The molecule has 0 fully saturated rings. The second-order valence-corrected chi connectivity index (χ2v) is 3.91. The number of benzene rings is 1. The molecule has 0 spiro atoms. The molecule has 0 atom stereocenters. The minimum absolute atomic E-state index is 0.354. The third-order valence-corrected chi connectivity index (χ3v) is 2.65. The number of anilines is 1. The quantitative estimate of drug-likeness (QED) is 0.653. The van der Waals surface area contributed by atoms with Crippen molar-refractivity contribution in [3.8, 4) is 17.2 Å². The fourth-order valence-electron chi connectivity index (χ4n) is 1.80. The molecule has 0 aliphatic carbocycles. The van der Waals surface area contributed by atoms with E-state index in [4.69, 9.17) is 11.0 Å². The van der Waals surface area contributed by atoms with E-state index in [2.05, 4.69) is 10.1 Å². The molecular formula is C13H9N5. The van der Waals surface area contributed by atoms with Crippen LogP contribution in [0.4, 0.5) is 5.69 Å². The summed E-state index contributed by atoms with van der Waals surface area (Å²) in [6.45, 7) is 0. The zero-order valence-electron chi connectivity index (χ0n) is 9.41. The third-order valence-electron chi connectivity index (χ3n) is 2.65. The van der Waals surface area contributed by atoms with Gasteiger partial charge in [-0.2, -0.15) is 10.4 Å². The van der Waals surface area contributed by atoms with Crippen LogP contribution in [0.2, 0.25) is 0 Å². The van der Waals surface area contributed by atoms with Crippen LogP contribution in [0.5, 0.6) is 0 Å². The Morgan fingerprint density at radius 1 is 1.22 bits per heavy atom. The van der Waals surface area contributed by atoms with Gasteiger partial charge in [-0.3, -0.25) is 0 Å². The van der Waals surface area contributed by atoms with E-state index in [1.165, 1.54) is 0 Å². The van der Waals surface area contributed by atoms with Gasteiger partial charge in [0.25, 0.3) is 0 Å². The molecule has 3 rings (SSSR count). The third kappa shape index (κ3) is 1.66. The Morgan fingerprint density at radius 2 is 2.11 bits per heavy atom. The summed E-state index contributed by atoms with van der Waals surface area (Å²) in [5, 5.41) is 12.9. The first-order chi connectivity index (χ1) is 8.76. The first-order valence-corrected chi connectivity index (χ1v) is 5.38. The summed E-state index contributed by atoms with van der Waals surface area (Å²) in [5.41, 5.74) is 9.33. The van der Waals surface area contributed by atoms with Crippen molar-refractivity contribution in [2.45, 2.75) is 0 Å². The number of aromatic nitrogens is 3. The van der Waals surface area contributed by atoms with Crippen LogP contribution < -0.4 is 5.73 Å². The number of hydrogen-bond acceptors (Lipinski definition) is 4. The summed E-state index contributed by atoms with van der Waals surface area (Å²) in [6.07, 6.45) is 3.57. The van der Waals surface area contributed by atoms with E-state index in [1.54, 1.807) is 16.8 Å². The number of nitrogen functional groups attached to an aromatic ring is 1. The lowest BCUT2D eigenvalue weighted by Gasteiger charge is -2.02. The number of rotatable bonds is 1. The van der Waals surface area contributed by atoms with Crippen LogP contribution in [0.3, 0.4) is 0 Å². The van der Waals surface area contributed by atoms with Crippen LogP contribution in [0.1, 0.15) is 5.69 Å². The largest absolute Gasteiger partial charge is 0.399 e. The van der Waals surface area contributed by atoms with Gasteiger partial charge < -0.3 is 5.73 Å². The highest BCUT2D eigenvalue weighted by atomic mass is 15.2. The lowest BCUT2D eigenvalue weighted by Crippen LogP contribution is -1.92. The topological polar surface area (TPSA) is 80.0 Å². The van der Waals surface area contributed by atoms with Gasteiger partial charge in [-0.05, 0) is 17.7 Å². The molecule has 0 unspecified atom stereocenters. The van der Waals surface area contributed by atoms with E-state index >= 15 is 0 Å². The lowest BCUT2D eigenvalue weighted by atomic mass is 10.1. The maximum absolute atomic E-state index is 8.79. The molecular weight excluding hydrogens is 226 g/mol. The standard InChI is InChI=1S/C13H9N5/c14-6-12-5-13-16-7-10(8-18(13)17-12)9-2-1-3-11(15)4-9/h1-5,7-8H,15H2. The number of hydrogen-bond donors (Lipinski definition) is 1. The summed E-state index contributed by atoms with van der Waals surface area (Å²) in [7, 11) is 0. The van der Waals surface area contributed by atoms with Crippen LogP contribution in [0.25, 0.3) is 16.8 Å². The van der Waals surface area contributed by atoms with Crippen molar-refractivity contribution in [1.29, 1.82) is 5.26 Å². The SMILES string of the molecule is N#Cc1cc2ncc(-c3cccc(N)c3)cn2n1. The molecule has 0 radical (unpaired) electrons. The fraction of sp³-hybridized carbons (Fsp3) is 0. The second-order valence-electron chi connectivity index (χ2n) is 3.91. The van der Waals surface area contributed by atoms with Gasteiger partial charge in [0.05, 0.1) is 0 Å². The average molecular weight is 235 g/mol. The van der Waals surface area contributed by atoms with E-state index in [0.717, 1.165) is 11.1 Å². The molecule has 2 heterocycles. The molecule has 5 heteroatoms. The summed E-state index contributed by atoms with van der Waals surface area (Å²) >= 11 is 0. The predicted octanol–water partition coefficient (Wildman–Crippen LogP) is 1.85. The van der Waals surface area contributed by atoms with E-state index in [1.807, 2.05) is 36.5 Å². The van der Waals surface area contributed by atoms with Crippen molar-refractivity contribution in [3.63, 3.8) is 0 Å². The normalized spacial score (nSPS) is 10.4. The van der Waals surface area contributed by atoms with Crippen LogP contribution in [-0.2, 0) is 0 Å². The van der Waals surface area contributed by atoms with Gasteiger partial charge in [0, 0.05) is 29.7 Å². The molecule has 2 aromatic heterocycles. The summed E-state index contributed by atoms with van der Waals surface area (Å²) in [4.78, 5) is 4.26. The van der Waals surface area contributed by atoms with Gasteiger partial charge in [-0.1, -0.05) is 12.1 Å². The van der Waals surface area contributed by atoms with E-state index < -0.39 is 0 Å². The Hall–Kier alpha value is -2.87. The second kappa shape index (κ2) is 3.86. The Kier molecular flexibility index (Phi) is 2.21. The minimum Gasteiger partial charge on any atom is -0.399 e. The van der Waals surface area contributed by atoms with E-state index in [0.29, 0.717) is 17.0 Å². The highest BCUT2D eigenvalue weighted by molar-refractivity contribution is 5.66. The van der Waals surface area contributed by atoms with Crippen LogP contribution in [0, 0.1) is 11.3 Å². The Bertz CT molecular complexity index is 766. The number of nitrogens with zero attached hydrogens (tertiary/aromatic N) is 4. The molecule has 86 valence electrons. The van der Waals surface area contributed by atoms with Crippen LogP contribution in [-0.4, -0.2) is 14.6 Å². The Labute approximate surface area is 103 Å². The van der Waals surface area contributed by atoms with Gasteiger partial charge in [-0.25, -0.2) is 9.50 Å². The Morgan fingerprint density at radius 3 is 2.89 bits per heavy atom. The maximum Gasteiger partial charge on any atom is 0.165 e. The summed E-state index contributed by atoms with van der Waals surface area (Å²) in [5.74, 6) is 0. The lowest BCUT2D eigenvalue weighted by molar-refractivity contribution is 0.932. The number of nitrogens with two attached hydrogens (primary N) is 1. The molecule has 0 saturated heterocycles. The molecule has 0 aliphatic heterocycles. The molecule has 0 bridgehead atoms. The molecule has 2 N–H and O–H groups in total. The first-order valence-electron chi connectivity index (χ1n) is 5.38. The average Bonchev–Trinajstić information content (AvgIpc) is 2.80. The molecule has 3 aromatic rings.